The van der Waals surface area contributed by atoms with Gasteiger partial charge >= 0.3 is 0 Å². The number of hydrogen-bond donors (Lipinski definition) is 4. The van der Waals surface area contributed by atoms with Crippen molar-refractivity contribution in [2.75, 3.05) is 22.6 Å². The molecule has 0 saturated heterocycles. The summed E-state index contributed by atoms with van der Waals surface area (Å²) in [6.45, 7) is 4.87. The molecule has 0 aliphatic rings. The monoisotopic (exact) mass is 630 g/mol. The van der Waals surface area contributed by atoms with E-state index in [1.54, 1.807) is 42.5 Å². The van der Waals surface area contributed by atoms with Gasteiger partial charge in [-0.05, 0) is 107 Å². The predicted octanol–water partition coefficient (Wildman–Crippen LogP) is 8.00. The molecule has 4 rings (SSSR count). The molecule has 0 aromatic heterocycles. The van der Waals surface area contributed by atoms with Crippen molar-refractivity contribution in [3.63, 3.8) is 0 Å². The zero-order chi connectivity index (χ0) is 29.2. The summed E-state index contributed by atoms with van der Waals surface area (Å²) in [6, 6.07) is 29.3. The van der Waals surface area contributed by atoms with Gasteiger partial charge in [0.2, 0.25) is 0 Å². The molecular weight excluding hydrogens is 600 g/mol. The van der Waals surface area contributed by atoms with Crippen molar-refractivity contribution in [2.24, 2.45) is 5.92 Å². The molecule has 4 aromatic rings. The average molecular weight is 632 g/mol. The molecule has 210 valence electrons. The summed E-state index contributed by atoms with van der Waals surface area (Å²) < 4.78 is 6.47. The maximum absolute atomic E-state index is 13.1. The second-order valence-electron chi connectivity index (χ2n) is 9.65. The number of anilines is 4. The first-order valence-corrected chi connectivity index (χ1v) is 14.4. The van der Waals surface area contributed by atoms with E-state index >= 15 is 0 Å². The Hall–Kier alpha value is -4.21. The van der Waals surface area contributed by atoms with Crippen LogP contribution in [0.5, 0.6) is 5.75 Å². The molecule has 9 heteroatoms. The minimum atomic E-state index is -0.386. The van der Waals surface area contributed by atoms with E-state index < -0.39 is 0 Å². The zero-order valence-corrected chi connectivity index (χ0v) is 25.1. The SMILES string of the molecule is CC(C)CCOc1ccc(C(=O)NC(=S)Nc2ccccc2C(=O)Nc2ccc(Nc3ccccc3)cc2)cc1Br. The topological polar surface area (TPSA) is 91.5 Å². The van der Waals surface area contributed by atoms with Crippen LogP contribution < -0.4 is 26.0 Å². The van der Waals surface area contributed by atoms with Gasteiger partial charge in [-0.2, -0.15) is 0 Å². The first-order chi connectivity index (χ1) is 19.8. The highest BCUT2D eigenvalue weighted by Crippen LogP contribution is 2.27. The number of ether oxygens (including phenoxy) is 1. The lowest BCUT2D eigenvalue weighted by molar-refractivity contribution is 0.0976. The second-order valence-corrected chi connectivity index (χ2v) is 10.9. The Kier molecular flexibility index (Phi) is 10.5. The van der Waals surface area contributed by atoms with Crippen molar-refractivity contribution in [3.8, 4) is 5.75 Å². The highest BCUT2D eigenvalue weighted by Gasteiger charge is 2.15. The van der Waals surface area contributed by atoms with Gasteiger partial charge in [-0.15, -0.1) is 0 Å². The van der Waals surface area contributed by atoms with Crippen LogP contribution in [0.3, 0.4) is 0 Å². The summed E-state index contributed by atoms with van der Waals surface area (Å²) in [4.78, 5) is 25.9. The Morgan fingerprint density at radius 3 is 2.17 bits per heavy atom. The third kappa shape index (κ3) is 8.89. The molecule has 4 N–H and O–H groups in total. The Labute approximate surface area is 253 Å². The molecule has 0 radical (unpaired) electrons. The Bertz CT molecular complexity index is 1510. The normalized spacial score (nSPS) is 10.5. The van der Waals surface area contributed by atoms with Crippen LogP contribution in [0.4, 0.5) is 22.7 Å². The van der Waals surface area contributed by atoms with Crippen LogP contribution >= 0.6 is 28.1 Å². The largest absolute Gasteiger partial charge is 0.492 e. The van der Waals surface area contributed by atoms with Gasteiger partial charge < -0.3 is 20.7 Å². The third-order valence-electron chi connectivity index (χ3n) is 6.00. The number of nitrogens with one attached hydrogen (secondary N) is 4. The molecule has 2 amide bonds. The predicted molar refractivity (Wildman–Crippen MR) is 173 cm³/mol. The molecule has 0 atom stereocenters. The standard InChI is InChI=1S/C32H31BrN4O3S/c1-21(2)18-19-40-29-17-12-22(20-27(29)33)30(38)37-32(41)36-28-11-7-6-10-26(28)31(39)35-25-15-13-24(14-16-25)34-23-8-4-3-5-9-23/h3-17,20-21,34H,18-19H2,1-2H3,(H,35,39)(H2,36,37,38,41). The molecule has 0 spiro atoms. The van der Waals surface area contributed by atoms with E-state index in [2.05, 4.69) is 51.0 Å². The van der Waals surface area contributed by atoms with E-state index in [0.717, 1.165) is 17.8 Å². The van der Waals surface area contributed by atoms with Crippen LogP contribution in [0, 0.1) is 5.92 Å². The maximum Gasteiger partial charge on any atom is 0.257 e. The van der Waals surface area contributed by atoms with Gasteiger partial charge in [0, 0.05) is 22.6 Å². The van der Waals surface area contributed by atoms with E-state index in [1.165, 1.54) is 0 Å². The van der Waals surface area contributed by atoms with Gasteiger partial charge in [0.25, 0.3) is 11.8 Å². The number of amides is 2. The maximum atomic E-state index is 13.1. The quantitative estimate of drug-likeness (QED) is 0.133. The number of hydrogen-bond acceptors (Lipinski definition) is 5. The fourth-order valence-corrected chi connectivity index (χ4v) is 4.50. The van der Waals surface area contributed by atoms with Crippen LogP contribution in [0.15, 0.2) is 102 Å². The summed E-state index contributed by atoms with van der Waals surface area (Å²) >= 11 is 8.85. The van der Waals surface area contributed by atoms with Crippen molar-refractivity contribution in [3.05, 3.63) is 113 Å². The number of halogens is 1. The average Bonchev–Trinajstić information content (AvgIpc) is 2.95. The summed E-state index contributed by atoms with van der Waals surface area (Å²) in [5.41, 5.74) is 3.77. The number of benzene rings is 4. The lowest BCUT2D eigenvalue weighted by atomic mass is 10.1. The minimum Gasteiger partial charge on any atom is -0.492 e. The molecule has 7 nitrogen and oxygen atoms in total. The highest BCUT2D eigenvalue weighted by molar-refractivity contribution is 9.10. The second kappa shape index (κ2) is 14.4. The van der Waals surface area contributed by atoms with Crippen LogP contribution in [0.25, 0.3) is 0 Å². The summed E-state index contributed by atoms with van der Waals surface area (Å²) in [5, 5.41) is 11.9. The van der Waals surface area contributed by atoms with Gasteiger partial charge in [0.05, 0.1) is 22.3 Å². The minimum absolute atomic E-state index is 0.0694. The van der Waals surface area contributed by atoms with Crippen molar-refractivity contribution in [1.82, 2.24) is 5.32 Å². The molecule has 0 saturated carbocycles. The van der Waals surface area contributed by atoms with Crippen molar-refractivity contribution in [2.45, 2.75) is 20.3 Å². The van der Waals surface area contributed by atoms with Gasteiger partial charge in [-0.1, -0.05) is 44.2 Å². The first-order valence-electron chi connectivity index (χ1n) is 13.2. The van der Waals surface area contributed by atoms with Gasteiger partial charge in [0.1, 0.15) is 5.75 Å². The highest BCUT2D eigenvalue weighted by atomic mass is 79.9. The number of para-hydroxylation sites is 2. The number of rotatable bonds is 10. The number of carbonyl (C=O) groups excluding carboxylic acids is 2. The Morgan fingerprint density at radius 1 is 0.805 bits per heavy atom. The summed E-state index contributed by atoms with van der Waals surface area (Å²) in [6.07, 6.45) is 0.937. The van der Waals surface area contributed by atoms with Crippen molar-refractivity contribution < 1.29 is 14.3 Å². The molecule has 0 unspecified atom stereocenters. The first kappa shape index (κ1) is 29.8. The fraction of sp³-hybridized carbons (Fsp3) is 0.156. The molecule has 0 aliphatic heterocycles. The van der Waals surface area contributed by atoms with E-state index in [1.807, 2.05) is 54.6 Å². The van der Waals surface area contributed by atoms with Gasteiger partial charge in [0.15, 0.2) is 5.11 Å². The van der Waals surface area contributed by atoms with E-state index in [9.17, 15) is 9.59 Å². The fourth-order valence-electron chi connectivity index (χ4n) is 3.81. The molecular formula is C32H31BrN4O3S. The smallest absolute Gasteiger partial charge is 0.257 e. The van der Waals surface area contributed by atoms with Crippen LogP contribution in [-0.2, 0) is 0 Å². The lowest BCUT2D eigenvalue weighted by Crippen LogP contribution is -2.34. The van der Waals surface area contributed by atoms with E-state index in [0.29, 0.717) is 45.2 Å². The Morgan fingerprint density at radius 2 is 1.46 bits per heavy atom. The van der Waals surface area contributed by atoms with Crippen molar-refractivity contribution >= 4 is 67.8 Å². The van der Waals surface area contributed by atoms with E-state index in [4.69, 9.17) is 17.0 Å². The molecule has 0 bridgehead atoms. The lowest BCUT2D eigenvalue weighted by Gasteiger charge is -2.14. The zero-order valence-electron chi connectivity index (χ0n) is 22.7. The molecule has 0 aliphatic carbocycles. The number of thiocarbonyl (C=S) groups is 1. The molecule has 0 heterocycles. The van der Waals surface area contributed by atoms with E-state index in [-0.39, 0.29) is 16.9 Å². The molecule has 4 aromatic carbocycles. The van der Waals surface area contributed by atoms with Gasteiger partial charge in [-0.3, -0.25) is 14.9 Å². The number of carbonyl (C=O) groups is 2. The Balaban J connectivity index is 1.34. The van der Waals surface area contributed by atoms with Gasteiger partial charge in [-0.25, -0.2) is 0 Å². The molecule has 0 fully saturated rings. The summed E-state index contributed by atoms with van der Waals surface area (Å²) in [5.74, 6) is 0.508. The van der Waals surface area contributed by atoms with Crippen LogP contribution in [-0.4, -0.2) is 23.5 Å². The summed E-state index contributed by atoms with van der Waals surface area (Å²) in [7, 11) is 0. The van der Waals surface area contributed by atoms with Crippen LogP contribution in [0.1, 0.15) is 41.0 Å². The van der Waals surface area contributed by atoms with Crippen molar-refractivity contribution in [1.29, 1.82) is 0 Å². The third-order valence-corrected chi connectivity index (χ3v) is 6.82. The van der Waals surface area contributed by atoms with Crippen LogP contribution in [0.2, 0.25) is 0 Å². The molecule has 41 heavy (non-hydrogen) atoms.